The quantitative estimate of drug-likeness (QED) is 0.559. The van der Waals surface area contributed by atoms with Crippen LogP contribution in [0.1, 0.15) is 27.3 Å². The van der Waals surface area contributed by atoms with Crippen LogP contribution in [0.5, 0.6) is 0 Å². The van der Waals surface area contributed by atoms with E-state index >= 15 is 0 Å². The third kappa shape index (κ3) is 3.46. The van der Waals surface area contributed by atoms with Gasteiger partial charge < -0.3 is 5.32 Å². The zero-order valence-corrected chi connectivity index (χ0v) is 14.6. The van der Waals surface area contributed by atoms with Crippen molar-refractivity contribution in [1.82, 2.24) is 19.6 Å². The molecule has 1 amide bonds. The minimum atomic E-state index is -0.643. The Bertz CT molecular complexity index is 971. The molecule has 9 heteroatoms. The fourth-order valence-electron chi connectivity index (χ4n) is 2.55. The van der Waals surface area contributed by atoms with Gasteiger partial charge in [0.2, 0.25) is 5.69 Å². The van der Waals surface area contributed by atoms with E-state index in [1.807, 2.05) is 31.2 Å². The van der Waals surface area contributed by atoms with Crippen LogP contribution in [0.4, 0.5) is 11.4 Å². The van der Waals surface area contributed by atoms with Crippen LogP contribution in [-0.2, 0) is 13.6 Å². The number of nitrogens with zero attached hydrogens (tertiary/aromatic N) is 5. The Morgan fingerprint density at radius 1 is 1.27 bits per heavy atom. The first-order valence-corrected chi connectivity index (χ1v) is 7.92. The molecule has 0 aliphatic rings. The van der Waals surface area contributed by atoms with Crippen molar-refractivity contribution in [3.05, 3.63) is 69.3 Å². The van der Waals surface area contributed by atoms with E-state index in [1.54, 1.807) is 24.9 Å². The number of nitrogens with one attached hydrogen (secondary N) is 1. The van der Waals surface area contributed by atoms with Crippen molar-refractivity contribution in [2.45, 2.75) is 20.4 Å². The maximum atomic E-state index is 12.4. The number of carbonyl (C=O) groups is 1. The fraction of sp³-hybridized carbons (Fsp3) is 0.235. The van der Waals surface area contributed by atoms with Crippen molar-refractivity contribution in [1.29, 1.82) is 0 Å². The van der Waals surface area contributed by atoms with Gasteiger partial charge in [0.05, 0.1) is 23.4 Å². The molecule has 0 bridgehead atoms. The summed E-state index contributed by atoms with van der Waals surface area (Å²) in [5.74, 6) is -0.643. The van der Waals surface area contributed by atoms with Crippen LogP contribution in [0.2, 0.25) is 0 Å². The highest BCUT2D eigenvalue weighted by Gasteiger charge is 2.29. The van der Waals surface area contributed by atoms with Gasteiger partial charge in [-0.3, -0.25) is 24.3 Å². The number of nitro groups is 1. The van der Waals surface area contributed by atoms with Crippen molar-refractivity contribution in [3.8, 4) is 0 Å². The van der Waals surface area contributed by atoms with Crippen LogP contribution in [-0.4, -0.2) is 30.4 Å². The summed E-state index contributed by atoms with van der Waals surface area (Å²) in [7, 11) is 1.55. The van der Waals surface area contributed by atoms with Gasteiger partial charge in [-0.1, -0.05) is 29.8 Å². The first-order valence-electron chi connectivity index (χ1n) is 7.92. The first kappa shape index (κ1) is 17.3. The molecule has 0 saturated carbocycles. The van der Waals surface area contributed by atoms with Gasteiger partial charge in [0.25, 0.3) is 5.91 Å². The van der Waals surface area contributed by atoms with E-state index in [4.69, 9.17) is 0 Å². The fourth-order valence-corrected chi connectivity index (χ4v) is 2.55. The van der Waals surface area contributed by atoms with Crippen LogP contribution in [0.15, 0.2) is 36.7 Å². The molecule has 2 heterocycles. The number of amides is 1. The molecule has 0 radical (unpaired) electrons. The van der Waals surface area contributed by atoms with Crippen LogP contribution in [0.25, 0.3) is 0 Å². The molecule has 0 fully saturated rings. The number of hydrogen-bond acceptors (Lipinski definition) is 5. The van der Waals surface area contributed by atoms with Gasteiger partial charge in [-0.05, 0) is 19.4 Å². The van der Waals surface area contributed by atoms with E-state index in [0.29, 0.717) is 17.9 Å². The second-order valence-electron chi connectivity index (χ2n) is 6.03. The van der Waals surface area contributed by atoms with Gasteiger partial charge in [0.1, 0.15) is 5.69 Å². The molecule has 2 aromatic heterocycles. The van der Waals surface area contributed by atoms with E-state index < -0.39 is 10.8 Å². The molecule has 0 atom stereocenters. The summed E-state index contributed by atoms with van der Waals surface area (Å²) in [6.45, 7) is 4.12. The summed E-state index contributed by atoms with van der Waals surface area (Å²) in [5, 5.41) is 22.0. The summed E-state index contributed by atoms with van der Waals surface area (Å²) in [6, 6.07) is 8.05. The number of hydrogen-bond donors (Lipinski definition) is 1. The van der Waals surface area contributed by atoms with Gasteiger partial charge in [-0.15, -0.1) is 0 Å². The molecule has 0 aliphatic heterocycles. The summed E-state index contributed by atoms with van der Waals surface area (Å²) < 4.78 is 2.99. The van der Waals surface area contributed by atoms with Gasteiger partial charge in [0.15, 0.2) is 0 Å². The third-order valence-corrected chi connectivity index (χ3v) is 4.06. The molecular formula is C17H18N6O3. The van der Waals surface area contributed by atoms with Crippen LogP contribution < -0.4 is 5.32 Å². The van der Waals surface area contributed by atoms with Gasteiger partial charge >= 0.3 is 5.69 Å². The lowest BCUT2D eigenvalue weighted by Crippen LogP contribution is -2.14. The number of benzene rings is 1. The molecule has 0 unspecified atom stereocenters. The smallest absolute Gasteiger partial charge is 0.318 e. The maximum Gasteiger partial charge on any atom is 0.322 e. The molecule has 1 N–H and O–H groups in total. The molecule has 0 spiro atoms. The molecule has 0 aliphatic carbocycles. The number of aryl methyl sites for hydroxylation is 2. The van der Waals surface area contributed by atoms with Gasteiger partial charge in [-0.25, -0.2) is 0 Å². The normalized spacial score (nSPS) is 10.7. The minimum absolute atomic E-state index is 0.221. The van der Waals surface area contributed by atoms with Crippen LogP contribution in [0.3, 0.4) is 0 Å². The average Bonchev–Trinajstić information content (AvgIpc) is 3.14. The number of aromatic nitrogens is 4. The molecule has 3 aromatic rings. The topological polar surface area (TPSA) is 108 Å². The summed E-state index contributed by atoms with van der Waals surface area (Å²) in [4.78, 5) is 23.0. The Kier molecular flexibility index (Phi) is 4.53. The molecule has 26 heavy (non-hydrogen) atoms. The lowest BCUT2D eigenvalue weighted by atomic mass is 10.1. The lowest BCUT2D eigenvalue weighted by molar-refractivity contribution is -0.385. The second-order valence-corrected chi connectivity index (χ2v) is 6.03. The molecule has 0 saturated heterocycles. The predicted octanol–water partition coefficient (Wildman–Crippen LogP) is 2.44. The first-order chi connectivity index (χ1) is 12.3. The van der Waals surface area contributed by atoms with E-state index in [0.717, 1.165) is 5.56 Å². The summed E-state index contributed by atoms with van der Waals surface area (Å²) >= 11 is 0. The van der Waals surface area contributed by atoms with E-state index in [9.17, 15) is 14.9 Å². The molecule has 1 aromatic carbocycles. The minimum Gasteiger partial charge on any atom is -0.318 e. The number of rotatable bonds is 5. The predicted molar refractivity (Wildman–Crippen MR) is 95.1 cm³/mol. The third-order valence-electron chi connectivity index (χ3n) is 4.06. The van der Waals surface area contributed by atoms with Crippen molar-refractivity contribution < 1.29 is 9.72 Å². The monoisotopic (exact) mass is 354 g/mol. The van der Waals surface area contributed by atoms with Crippen molar-refractivity contribution >= 4 is 17.3 Å². The highest BCUT2D eigenvalue weighted by Crippen LogP contribution is 2.23. The number of anilines is 1. The summed E-state index contributed by atoms with van der Waals surface area (Å²) in [6.07, 6.45) is 3.16. The Labute approximate surface area is 149 Å². The summed E-state index contributed by atoms with van der Waals surface area (Å²) in [5.41, 5.74) is 2.50. The van der Waals surface area contributed by atoms with Gasteiger partial charge in [0, 0.05) is 13.2 Å². The van der Waals surface area contributed by atoms with E-state index in [-0.39, 0.29) is 11.4 Å². The molecule has 134 valence electrons. The Balaban J connectivity index is 1.75. The molecule has 9 nitrogen and oxygen atoms in total. The largest absolute Gasteiger partial charge is 0.322 e. The van der Waals surface area contributed by atoms with Gasteiger partial charge in [-0.2, -0.15) is 10.2 Å². The van der Waals surface area contributed by atoms with Crippen molar-refractivity contribution in [2.75, 3.05) is 5.32 Å². The standard InChI is InChI=1S/C17H18N6O3/c1-11-4-6-13(7-5-11)9-22-10-14(8-18-22)19-17(24)15-16(23(25)26)12(2)21(3)20-15/h4-8,10H,9H2,1-3H3,(H,19,24). The van der Waals surface area contributed by atoms with Crippen LogP contribution >= 0.6 is 0 Å². The maximum absolute atomic E-state index is 12.4. The molecular weight excluding hydrogens is 336 g/mol. The Morgan fingerprint density at radius 2 is 1.96 bits per heavy atom. The lowest BCUT2D eigenvalue weighted by Gasteiger charge is -2.02. The van der Waals surface area contributed by atoms with E-state index in [1.165, 1.54) is 16.4 Å². The average molecular weight is 354 g/mol. The Hall–Kier alpha value is -3.49. The van der Waals surface area contributed by atoms with E-state index in [2.05, 4.69) is 15.5 Å². The zero-order chi connectivity index (χ0) is 18.8. The van der Waals surface area contributed by atoms with Crippen LogP contribution in [0, 0.1) is 24.0 Å². The van der Waals surface area contributed by atoms with Crippen molar-refractivity contribution in [2.24, 2.45) is 7.05 Å². The second kappa shape index (κ2) is 6.79. The SMILES string of the molecule is Cc1ccc(Cn2cc(NC(=O)c3nn(C)c(C)c3[N+](=O)[O-])cn2)cc1. The highest BCUT2D eigenvalue weighted by molar-refractivity contribution is 6.05. The zero-order valence-electron chi connectivity index (χ0n) is 14.6. The van der Waals surface area contributed by atoms with Crippen molar-refractivity contribution in [3.63, 3.8) is 0 Å². The molecule has 3 rings (SSSR count). The highest BCUT2D eigenvalue weighted by atomic mass is 16.6. The number of carbonyl (C=O) groups excluding carboxylic acids is 1. The Morgan fingerprint density at radius 3 is 2.62 bits per heavy atom.